The third kappa shape index (κ3) is 10.7. The van der Waals surface area contributed by atoms with E-state index in [0.717, 1.165) is 0 Å². The van der Waals surface area contributed by atoms with Crippen molar-refractivity contribution in [1.82, 2.24) is 0 Å². The highest BCUT2D eigenvalue weighted by Gasteiger charge is 2.35. The first kappa shape index (κ1) is 22.1. The molecule has 1 unspecified atom stereocenters. The van der Waals surface area contributed by atoms with Gasteiger partial charge in [0, 0.05) is 0 Å². The Balaban J connectivity index is 3.77. The third-order valence-corrected chi connectivity index (χ3v) is 2.62. The Morgan fingerprint density at radius 1 is 0.958 bits per heavy atom. The van der Waals surface area contributed by atoms with Gasteiger partial charge < -0.3 is 24.1 Å². The van der Waals surface area contributed by atoms with Crippen molar-refractivity contribution in [2.24, 2.45) is 9.98 Å². The monoisotopic (exact) mass is 346 g/mol. The van der Waals surface area contributed by atoms with Crippen LogP contribution in [0.2, 0.25) is 0 Å². The summed E-state index contributed by atoms with van der Waals surface area (Å²) in [7, 11) is 0. The second-order valence-corrected chi connectivity index (χ2v) is 4.58. The van der Waals surface area contributed by atoms with Crippen molar-refractivity contribution in [2.75, 3.05) is 59.4 Å². The molecule has 0 heterocycles. The molecule has 1 N–H and O–H groups in total. The Morgan fingerprint density at radius 3 is 2.00 bits per heavy atom. The molecule has 0 aromatic heterocycles. The number of nitrogens with zero attached hydrogens (tertiary/aromatic N) is 2. The molecule has 0 rings (SSSR count). The summed E-state index contributed by atoms with van der Waals surface area (Å²) in [4.78, 5) is 38.8. The smallest absolute Gasteiger partial charge is 0.336 e. The highest BCUT2D eigenvalue weighted by Crippen LogP contribution is 2.12. The zero-order chi connectivity index (χ0) is 18.1. The highest BCUT2D eigenvalue weighted by molar-refractivity contribution is 5.82. The zero-order valence-corrected chi connectivity index (χ0v) is 13.6. The fourth-order valence-corrected chi connectivity index (χ4v) is 1.39. The average molecular weight is 346 g/mol. The second kappa shape index (κ2) is 14.6. The maximum atomic E-state index is 11.8. The lowest BCUT2D eigenvalue weighted by molar-refractivity contribution is -0.150. The second-order valence-electron chi connectivity index (χ2n) is 4.58. The van der Waals surface area contributed by atoms with Gasteiger partial charge in [0.25, 0.3) is 0 Å². The standard InChI is InChI=1S/C14H22N2O8/c1-14(16-12-19,10-15-11-18)13(20)24-9-8-23-7-6-22-5-4-21-3-2-17/h17H,2-10H2,1H3. The van der Waals surface area contributed by atoms with Gasteiger partial charge in [0.15, 0.2) is 5.54 Å². The molecule has 0 saturated carbocycles. The fraction of sp³-hybridized carbons (Fsp3) is 0.786. The lowest BCUT2D eigenvalue weighted by atomic mass is 10.0. The molecule has 0 radical (unpaired) electrons. The van der Waals surface area contributed by atoms with E-state index in [1.165, 1.54) is 19.1 Å². The summed E-state index contributed by atoms with van der Waals surface area (Å²) in [6.07, 6.45) is 2.52. The third-order valence-electron chi connectivity index (χ3n) is 2.62. The van der Waals surface area contributed by atoms with Crippen LogP contribution in [0.4, 0.5) is 0 Å². The first-order chi connectivity index (χ1) is 11.6. The molecule has 10 nitrogen and oxygen atoms in total. The van der Waals surface area contributed by atoms with Gasteiger partial charge in [-0.3, -0.25) is 0 Å². The van der Waals surface area contributed by atoms with E-state index in [1.54, 1.807) is 0 Å². The first-order valence-electron chi connectivity index (χ1n) is 7.24. The number of isocyanates is 2. The first-order valence-corrected chi connectivity index (χ1v) is 7.24. The van der Waals surface area contributed by atoms with Crippen LogP contribution in [0, 0.1) is 0 Å². The van der Waals surface area contributed by atoms with Gasteiger partial charge in [0.2, 0.25) is 12.2 Å². The van der Waals surface area contributed by atoms with Gasteiger partial charge in [-0.15, -0.1) is 0 Å². The Labute approximate surface area is 139 Å². The molecule has 0 aromatic rings. The molecule has 0 spiro atoms. The van der Waals surface area contributed by atoms with Crippen LogP contribution in [0.25, 0.3) is 0 Å². The van der Waals surface area contributed by atoms with Crippen molar-refractivity contribution >= 4 is 18.1 Å². The van der Waals surface area contributed by atoms with E-state index in [2.05, 4.69) is 9.98 Å². The molecule has 0 aliphatic heterocycles. The molecule has 1 atom stereocenters. The number of aliphatic imine (C=N–C) groups is 2. The predicted octanol–water partition coefficient (Wildman–Crippen LogP) is -0.998. The molecule has 0 aromatic carbocycles. The van der Waals surface area contributed by atoms with E-state index in [1.807, 2.05) is 0 Å². The minimum atomic E-state index is -1.60. The SMILES string of the molecule is CC(CN=C=O)(N=C=O)C(=O)OCCOCCOCCOCCO. The van der Waals surface area contributed by atoms with Gasteiger partial charge in [0.1, 0.15) is 6.61 Å². The van der Waals surface area contributed by atoms with E-state index >= 15 is 0 Å². The topological polar surface area (TPSA) is 133 Å². The number of carbonyl (C=O) groups excluding carboxylic acids is 3. The van der Waals surface area contributed by atoms with E-state index < -0.39 is 11.5 Å². The lowest BCUT2D eigenvalue weighted by Gasteiger charge is -2.18. The molecule has 0 bridgehead atoms. The molecular formula is C14H22N2O8. The van der Waals surface area contributed by atoms with Crippen molar-refractivity contribution in [3.63, 3.8) is 0 Å². The van der Waals surface area contributed by atoms with Crippen LogP contribution in [0.15, 0.2) is 9.98 Å². The molecule has 0 amide bonds. The van der Waals surface area contributed by atoms with E-state index in [-0.39, 0.29) is 33.0 Å². The van der Waals surface area contributed by atoms with Crippen molar-refractivity contribution in [1.29, 1.82) is 0 Å². The summed E-state index contributed by atoms with van der Waals surface area (Å²) >= 11 is 0. The number of carbonyl (C=O) groups is 1. The van der Waals surface area contributed by atoms with Gasteiger partial charge in [-0.05, 0) is 6.92 Å². The number of aliphatic hydroxyl groups is 1. The summed E-state index contributed by atoms with van der Waals surface area (Å²) in [5.41, 5.74) is -1.60. The van der Waals surface area contributed by atoms with Crippen LogP contribution in [-0.4, -0.2) is 88.2 Å². The maximum absolute atomic E-state index is 11.8. The van der Waals surface area contributed by atoms with Crippen LogP contribution in [-0.2, 0) is 33.3 Å². The molecule has 136 valence electrons. The number of ether oxygens (including phenoxy) is 4. The normalized spacial score (nSPS) is 12.6. The van der Waals surface area contributed by atoms with Gasteiger partial charge in [-0.2, -0.15) is 4.99 Å². The van der Waals surface area contributed by atoms with Crippen LogP contribution in [0.5, 0.6) is 0 Å². The van der Waals surface area contributed by atoms with Crippen molar-refractivity contribution in [2.45, 2.75) is 12.5 Å². The number of esters is 1. The predicted molar refractivity (Wildman–Crippen MR) is 80.0 cm³/mol. The van der Waals surface area contributed by atoms with Crippen molar-refractivity contribution < 1.29 is 38.4 Å². The Morgan fingerprint density at radius 2 is 1.50 bits per heavy atom. The lowest BCUT2D eigenvalue weighted by Crippen LogP contribution is -2.38. The van der Waals surface area contributed by atoms with Crippen LogP contribution in [0.3, 0.4) is 0 Å². The molecular weight excluding hydrogens is 324 g/mol. The summed E-state index contributed by atoms with van der Waals surface area (Å²) in [6.45, 7) is 2.70. The molecule has 0 fully saturated rings. The largest absolute Gasteiger partial charge is 0.461 e. The Hall–Kier alpha value is -1.93. The summed E-state index contributed by atoms with van der Waals surface area (Å²) in [5.74, 6) is -0.814. The minimum Gasteiger partial charge on any atom is -0.461 e. The van der Waals surface area contributed by atoms with Gasteiger partial charge in [0.05, 0.1) is 52.8 Å². The minimum absolute atomic E-state index is 0.0273. The molecule has 10 heteroatoms. The molecule has 0 aliphatic carbocycles. The highest BCUT2D eigenvalue weighted by atomic mass is 16.6. The fourth-order valence-electron chi connectivity index (χ4n) is 1.39. The van der Waals surface area contributed by atoms with Crippen LogP contribution < -0.4 is 0 Å². The molecule has 0 saturated heterocycles. The zero-order valence-electron chi connectivity index (χ0n) is 13.6. The molecule has 0 aliphatic rings. The average Bonchev–Trinajstić information content (AvgIpc) is 2.58. The number of aliphatic hydroxyl groups excluding tert-OH is 1. The Kier molecular flexibility index (Phi) is 13.5. The van der Waals surface area contributed by atoms with Gasteiger partial charge in [-0.1, -0.05) is 0 Å². The van der Waals surface area contributed by atoms with Gasteiger partial charge >= 0.3 is 5.97 Å². The van der Waals surface area contributed by atoms with Crippen molar-refractivity contribution in [3.05, 3.63) is 0 Å². The van der Waals surface area contributed by atoms with Crippen LogP contribution >= 0.6 is 0 Å². The summed E-state index contributed by atoms with van der Waals surface area (Å²) in [6, 6.07) is 0. The van der Waals surface area contributed by atoms with E-state index in [9.17, 15) is 14.4 Å². The maximum Gasteiger partial charge on any atom is 0.336 e. The molecule has 24 heavy (non-hydrogen) atoms. The van der Waals surface area contributed by atoms with Gasteiger partial charge in [-0.25, -0.2) is 19.4 Å². The quantitative estimate of drug-likeness (QED) is 0.173. The number of hydrogen-bond donors (Lipinski definition) is 1. The Bertz CT molecular complexity index is 446. The number of hydrogen-bond acceptors (Lipinski definition) is 10. The summed E-state index contributed by atoms with van der Waals surface area (Å²) in [5, 5.41) is 8.48. The number of rotatable bonds is 15. The van der Waals surface area contributed by atoms with Crippen LogP contribution in [0.1, 0.15) is 6.92 Å². The van der Waals surface area contributed by atoms with E-state index in [4.69, 9.17) is 24.1 Å². The van der Waals surface area contributed by atoms with E-state index in [0.29, 0.717) is 26.4 Å². The summed E-state index contributed by atoms with van der Waals surface area (Å²) < 4.78 is 20.3. The van der Waals surface area contributed by atoms with Crippen molar-refractivity contribution in [3.8, 4) is 0 Å².